The number of rotatable bonds is 30. The van der Waals surface area contributed by atoms with Crippen LogP contribution in [0.3, 0.4) is 0 Å². The van der Waals surface area contributed by atoms with Gasteiger partial charge in [-0.2, -0.15) is 0 Å². The molecule has 0 saturated carbocycles. The van der Waals surface area contributed by atoms with Gasteiger partial charge in [-0.15, -0.1) is 0 Å². The first-order chi connectivity index (χ1) is 23.2. The smallest absolute Gasteiger partial charge is 0.249 e. The Morgan fingerprint density at radius 1 is 0.708 bits per heavy atom. The lowest BCUT2D eigenvalue weighted by Gasteiger charge is -2.40. The third-order valence-electron chi connectivity index (χ3n) is 9.32. The second-order valence-corrected chi connectivity index (χ2v) is 13.6. The summed E-state index contributed by atoms with van der Waals surface area (Å²) >= 11 is 0. The van der Waals surface area contributed by atoms with Gasteiger partial charge in [-0.25, -0.2) is 0 Å². The fourth-order valence-electron chi connectivity index (χ4n) is 6.02. The minimum atomic E-state index is -1.66. The first-order valence-corrected chi connectivity index (χ1v) is 19.1. The van der Waals surface area contributed by atoms with Crippen molar-refractivity contribution in [2.75, 3.05) is 13.2 Å². The largest absolute Gasteiger partial charge is 0.394 e. The molecule has 48 heavy (non-hydrogen) atoms. The number of aliphatic hydroxyl groups is 7. The first-order valence-electron chi connectivity index (χ1n) is 19.1. The minimum absolute atomic E-state index is 0.246. The topological polar surface area (TPSA) is 189 Å². The van der Waals surface area contributed by atoms with E-state index in [0.717, 1.165) is 51.4 Å². The van der Waals surface area contributed by atoms with Crippen LogP contribution in [0.4, 0.5) is 0 Å². The number of allylic oxidation sites excluding steroid dienone is 2. The second kappa shape index (κ2) is 28.5. The number of hydrogen-bond acceptors (Lipinski definition) is 10. The summed E-state index contributed by atoms with van der Waals surface area (Å²) in [6.07, 6.45) is 15.0. The van der Waals surface area contributed by atoms with Gasteiger partial charge in [0.05, 0.1) is 25.4 Å². The Bertz CT molecular complexity index is 800. The molecular weight excluding hydrogens is 618 g/mol. The molecular formula is C37H71NO10. The van der Waals surface area contributed by atoms with Crippen LogP contribution in [0.2, 0.25) is 0 Å². The Hall–Kier alpha value is -1.15. The molecule has 9 atom stereocenters. The maximum atomic E-state index is 12.9. The molecule has 8 N–H and O–H groups in total. The molecule has 0 radical (unpaired) electrons. The SMILES string of the molecule is CCCCCCCCCCC/C=C\CCCCCCC(O)C(=O)NC(COC1OC(CO)C(O)C(O)C1O)C(O)C(O)CCCCCC. The van der Waals surface area contributed by atoms with E-state index < -0.39 is 74.2 Å². The van der Waals surface area contributed by atoms with E-state index in [1.807, 2.05) is 0 Å². The summed E-state index contributed by atoms with van der Waals surface area (Å²) in [6, 6.07) is -1.16. The van der Waals surface area contributed by atoms with E-state index >= 15 is 0 Å². The molecule has 11 heteroatoms. The van der Waals surface area contributed by atoms with Crippen LogP contribution < -0.4 is 5.32 Å². The summed E-state index contributed by atoms with van der Waals surface area (Å²) in [7, 11) is 0. The van der Waals surface area contributed by atoms with Gasteiger partial charge in [0.25, 0.3) is 0 Å². The van der Waals surface area contributed by atoms with Gasteiger partial charge in [-0.3, -0.25) is 4.79 Å². The van der Waals surface area contributed by atoms with E-state index in [0.29, 0.717) is 19.3 Å². The molecule has 0 spiro atoms. The van der Waals surface area contributed by atoms with Crippen LogP contribution in [0.5, 0.6) is 0 Å². The Balaban J connectivity index is 2.43. The predicted octanol–water partition coefficient (Wildman–Crippen LogP) is 4.16. The lowest BCUT2D eigenvalue weighted by Crippen LogP contribution is -2.60. The third kappa shape index (κ3) is 19.3. The number of unbranched alkanes of at least 4 members (excludes halogenated alkanes) is 16. The molecule has 1 aliphatic heterocycles. The average Bonchev–Trinajstić information content (AvgIpc) is 3.08. The Kier molecular flexibility index (Phi) is 26.7. The van der Waals surface area contributed by atoms with Crippen molar-refractivity contribution in [3.63, 3.8) is 0 Å². The number of carbonyl (C=O) groups excluding carboxylic acids is 1. The molecule has 0 aliphatic carbocycles. The Morgan fingerprint density at radius 3 is 1.77 bits per heavy atom. The number of amides is 1. The van der Waals surface area contributed by atoms with Crippen LogP contribution >= 0.6 is 0 Å². The number of hydrogen-bond donors (Lipinski definition) is 8. The first kappa shape index (κ1) is 44.9. The maximum absolute atomic E-state index is 12.9. The summed E-state index contributed by atoms with van der Waals surface area (Å²) < 4.78 is 10.9. The predicted molar refractivity (Wildman–Crippen MR) is 187 cm³/mol. The molecule has 0 aromatic heterocycles. The highest BCUT2D eigenvalue weighted by molar-refractivity contribution is 5.80. The lowest BCUT2D eigenvalue weighted by molar-refractivity contribution is -0.303. The minimum Gasteiger partial charge on any atom is -0.394 e. The quantitative estimate of drug-likeness (QED) is 0.0402. The summed E-state index contributed by atoms with van der Waals surface area (Å²) in [5.74, 6) is -0.714. The molecule has 1 rings (SSSR count). The van der Waals surface area contributed by atoms with E-state index in [1.165, 1.54) is 57.8 Å². The average molecular weight is 690 g/mol. The van der Waals surface area contributed by atoms with Crippen molar-refractivity contribution in [1.82, 2.24) is 5.32 Å². The van der Waals surface area contributed by atoms with Crippen LogP contribution in [0, 0.1) is 0 Å². The second-order valence-electron chi connectivity index (χ2n) is 13.6. The molecule has 284 valence electrons. The van der Waals surface area contributed by atoms with E-state index in [1.54, 1.807) is 0 Å². The van der Waals surface area contributed by atoms with Crippen LogP contribution in [-0.2, 0) is 14.3 Å². The van der Waals surface area contributed by atoms with Crippen LogP contribution in [-0.4, -0.2) is 110 Å². The lowest BCUT2D eigenvalue weighted by atomic mass is 9.98. The third-order valence-corrected chi connectivity index (χ3v) is 9.32. The summed E-state index contributed by atoms with van der Waals surface area (Å²) in [5, 5.41) is 74.5. The summed E-state index contributed by atoms with van der Waals surface area (Å²) in [6.45, 7) is 3.25. The summed E-state index contributed by atoms with van der Waals surface area (Å²) in [4.78, 5) is 12.9. The molecule has 0 aromatic carbocycles. The van der Waals surface area contributed by atoms with E-state index in [4.69, 9.17) is 9.47 Å². The zero-order valence-electron chi connectivity index (χ0n) is 30.0. The van der Waals surface area contributed by atoms with Gasteiger partial charge in [-0.05, 0) is 38.5 Å². The van der Waals surface area contributed by atoms with Gasteiger partial charge in [0, 0.05) is 0 Å². The molecule has 1 aliphatic rings. The van der Waals surface area contributed by atoms with Crippen molar-refractivity contribution in [1.29, 1.82) is 0 Å². The number of ether oxygens (including phenoxy) is 2. The van der Waals surface area contributed by atoms with Crippen molar-refractivity contribution in [2.24, 2.45) is 0 Å². The van der Waals surface area contributed by atoms with Gasteiger partial charge in [0.1, 0.15) is 36.6 Å². The highest BCUT2D eigenvalue weighted by Gasteiger charge is 2.44. The molecule has 0 aromatic rings. The van der Waals surface area contributed by atoms with Crippen LogP contribution in [0.25, 0.3) is 0 Å². The van der Waals surface area contributed by atoms with E-state index in [2.05, 4.69) is 31.3 Å². The fraction of sp³-hybridized carbons (Fsp3) is 0.919. The van der Waals surface area contributed by atoms with Gasteiger partial charge < -0.3 is 50.5 Å². The van der Waals surface area contributed by atoms with Crippen LogP contribution in [0.1, 0.15) is 149 Å². The molecule has 0 bridgehead atoms. The van der Waals surface area contributed by atoms with Crippen molar-refractivity contribution in [3.05, 3.63) is 12.2 Å². The highest BCUT2D eigenvalue weighted by atomic mass is 16.7. The van der Waals surface area contributed by atoms with Crippen molar-refractivity contribution >= 4 is 5.91 Å². The van der Waals surface area contributed by atoms with Gasteiger partial charge in [-0.1, -0.05) is 122 Å². The zero-order chi connectivity index (χ0) is 35.6. The highest BCUT2D eigenvalue weighted by Crippen LogP contribution is 2.23. The molecule has 1 amide bonds. The van der Waals surface area contributed by atoms with Crippen molar-refractivity contribution < 1.29 is 50.0 Å². The fourth-order valence-corrected chi connectivity index (χ4v) is 6.02. The van der Waals surface area contributed by atoms with Crippen molar-refractivity contribution in [2.45, 2.75) is 204 Å². The summed E-state index contributed by atoms with van der Waals surface area (Å²) in [5.41, 5.74) is 0. The number of nitrogens with one attached hydrogen (secondary N) is 1. The van der Waals surface area contributed by atoms with Crippen molar-refractivity contribution in [3.8, 4) is 0 Å². The molecule has 9 unspecified atom stereocenters. The van der Waals surface area contributed by atoms with Gasteiger partial charge in [0.15, 0.2) is 6.29 Å². The van der Waals surface area contributed by atoms with E-state index in [-0.39, 0.29) is 6.42 Å². The molecule has 11 nitrogen and oxygen atoms in total. The Morgan fingerprint density at radius 2 is 1.21 bits per heavy atom. The normalized spacial score (nSPS) is 24.1. The maximum Gasteiger partial charge on any atom is 0.249 e. The number of aliphatic hydroxyl groups excluding tert-OH is 7. The molecule has 1 fully saturated rings. The number of carbonyl (C=O) groups is 1. The van der Waals surface area contributed by atoms with E-state index in [9.17, 15) is 40.5 Å². The monoisotopic (exact) mass is 690 g/mol. The Labute approximate surface area is 290 Å². The van der Waals surface area contributed by atoms with Crippen LogP contribution in [0.15, 0.2) is 12.2 Å². The van der Waals surface area contributed by atoms with Gasteiger partial charge >= 0.3 is 0 Å². The molecule has 1 heterocycles. The molecule has 1 saturated heterocycles. The van der Waals surface area contributed by atoms with Gasteiger partial charge in [0.2, 0.25) is 5.91 Å². The standard InChI is InChI=1S/C37H71NO10/c1-3-5-7-9-10-11-12-13-14-15-16-17-18-19-20-21-23-25-30(41)36(46)38-28(32(42)29(40)24-22-8-6-4-2)27-47-37-35(45)34(44)33(43)31(26-39)48-37/h16-17,28-35,37,39-45H,3-15,18-27H2,1-2H3,(H,38,46)/b17-16-. The zero-order valence-corrected chi connectivity index (χ0v) is 30.0.